The molecule has 0 radical (unpaired) electrons. The van der Waals surface area contributed by atoms with Gasteiger partial charge in [0.2, 0.25) is 9.84 Å². The molecule has 0 aliphatic rings. The summed E-state index contributed by atoms with van der Waals surface area (Å²) in [5, 5.41) is 39.0. The number of aliphatic hydroxyl groups is 2. The number of benzene rings is 2. The maximum atomic E-state index is 13.3. The summed E-state index contributed by atoms with van der Waals surface area (Å²) < 4.78 is 26.6. The SMILES string of the molecule is CC(C)(C)c1cc(/C=C(\C#N)S(=O)(=O)c2ccc(C(=O)N(CCO)CCO)cc2)cc(C(C)(C)C)c1O. The number of allylic oxidation sites excluding steroid dienone is 1. The molecule has 3 N–H and O–H groups in total. The Morgan fingerprint density at radius 2 is 1.41 bits per heavy atom. The number of hydrogen-bond donors (Lipinski definition) is 3. The number of phenols is 1. The third-order valence-electron chi connectivity index (χ3n) is 5.88. The van der Waals surface area contributed by atoms with Crippen LogP contribution in [0.1, 0.15) is 68.6 Å². The predicted molar refractivity (Wildman–Crippen MR) is 143 cm³/mol. The summed E-state index contributed by atoms with van der Waals surface area (Å²) >= 11 is 0. The molecule has 2 aromatic rings. The number of hydrogen-bond acceptors (Lipinski definition) is 7. The van der Waals surface area contributed by atoms with Gasteiger partial charge in [0, 0.05) is 29.8 Å². The molecule has 2 aromatic carbocycles. The van der Waals surface area contributed by atoms with E-state index in [1.807, 2.05) is 41.5 Å². The van der Waals surface area contributed by atoms with Gasteiger partial charge in [0.15, 0.2) is 0 Å². The number of nitriles is 1. The highest BCUT2D eigenvalue weighted by molar-refractivity contribution is 7.95. The zero-order chi connectivity index (χ0) is 28.2. The number of phenolic OH excluding ortho intramolecular Hbond substituents is 1. The summed E-state index contributed by atoms with van der Waals surface area (Å²) in [6, 6.07) is 10.3. The fraction of sp³-hybridized carbons (Fsp3) is 0.429. The Morgan fingerprint density at radius 3 is 1.78 bits per heavy atom. The summed E-state index contributed by atoms with van der Waals surface area (Å²) in [4.78, 5) is 13.3. The van der Waals surface area contributed by atoms with Crippen LogP contribution >= 0.6 is 0 Å². The molecular weight excluding hydrogens is 492 g/mol. The number of carbonyl (C=O) groups is 1. The summed E-state index contributed by atoms with van der Waals surface area (Å²) in [6.07, 6.45) is 1.29. The van der Waals surface area contributed by atoms with Gasteiger partial charge in [-0.05, 0) is 58.9 Å². The summed E-state index contributed by atoms with van der Waals surface area (Å²) in [5.41, 5.74) is 1.08. The maximum absolute atomic E-state index is 13.3. The monoisotopic (exact) mass is 528 g/mol. The first kappa shape index (κ1) is 30.0. The molecule has 0 aliphatic heterocycles. The Kier molecular flexibility index (Phi) is 9.31. The molecule has 0 atom stereocenters. The Morgan fingerprint density at radius 1 is 0.946 bits per heavy atom. The molecule has 200 valence electrons. The van der Waals surface area contributed by atoms with Crippen molar-refractivity contribution in [3.05, 3.63) is 63.6 Å². The molecular formula is C28H36N2O6S. The van der Waals surface area contributed by atoms with Crippen LogP contribution in [0.25, 0.3) is 6.08 Å². The maximum Gasteiger partial charge on any atom is 0.254 e. The lowest BCUT2D eigenvalue weighted by molar-refractivity contribution is 0.0684. The number of nitrogens with zero attached hydrogens (tertiary/aromatic N) is 2. The highest BCUT2D eigenvalue weighted by atomic mass is 32.2. The number of aliphatic hydroxyl groups excluding tert-OH is 2. The number of carbonyl (C=O) groups excluding carboxylic acids is 1. The van der Waals surface area contributed by atoms with E-state index in [0.29, 0.717) is 16.7 Å². The Balaban J connectivity index is 2.56. The molecule has 0 aromatic heterocycles. The standard InChI is InChI=1S/C28H36N2O6S/c1-27(2,3)23-16-19(17-24(25(23)33)28(4,5)6)15-22(18-29)37(35,36)21-9-7-20(8-10-21)26(34)30(11-13-31)12-14-32/h7-10,15-17,31-33H,11-14H2,1-6H3/b22-15+. The average molecular weight is 529 g/mol. The third-order valence-corrected chi connectivity index (χ3v) is 7.57. The van der Waals surface area contributed by atoms with Gasteiger partial charge in [-0.2, -0.15) is 5.26 Å². The fourth-order valence-corrected chi connectivity index (χ4v) is 5.01. The first-order valence-electron chi connectivity index (χ1n) is 11.9. The number of rotatable bonds is 8. The Bertz CT molecular complexity index is 1270. The van der Waals surface area contributed by atoms with Crippen molar-refractivity contribution in [3.8, 4) is 11.8 Å². The molecule has 0 heterocycles. The predicted octanol–water partition coefficient (Wildman–Crippen LogP) is 3.75. The van der Waals surface area contributed by atoms with Crippen LogP contribution < -0.4 is 0 Å². The van der Waals surface area contributed by atoms with Crippen molar-refractivity contribution >= 4 is 21.8 Å². The minimum Gasteiger partial charge on any atom is -0.507 e. The molecule has 9 heteroatoms. The van der Waals surface area contributed by atoms with Gasteiger partial charge in [-0.1, -0.05) is 41.5 Å². The quantitative estimate of drug-likeness (QED) is 0.444. The van der Waals surface area contributed by atoms with Crippen molar-refractivity contribution in [2.45, 2.75) is 57.3 Å². The van der Waals surface area contributed by atoms with Gasteiger partial charge in [0.05, 0.1) is 18.1 Å². The molecule has 1 amide bonds. The van der Waals surface area contributed by atoms with Crippen LogP contribution in [0, 0.1) is 11.3 Å². The van der Waals surface area contributed by atoms with E-state index in [2.05, 4.69) is 0 Å². The third kappa shape index (κ3) is 6.98. The Labute approximate surface area is 219 Å². The van der Waals surface area contributed by atoms with E-state index >= 15 is 0 Å². The molecule has 2 rings (SSSR count). The molecule has 0 spiro atoms. The lowest BCUT2D eigenvalue weighted by Crippen LogP contribution is -2.35. The van der Waals surface area contributed by atoms with E-state index in [0.717, 1.165) is 0 Å². The number of sulfone groups is 1. The second-order valence-electron chi connectivity index (χ2n) is 10.9. The first-order chi connectivity index (χ1) is 17.1. The second kappa shape index (κ2) is 11.5. The zero-order valence-corrected chi connectivity index (χ0v) is 23.1. The zero-order valence-electron chi connectivity index (χ0n) is 22.2. The smallest absolute Gasteiger partial charge is 0.254 e. The molecule has 37 heavy (non-hydrogen) atoms. The number of aromatic hydroxyl groups is 1. The molecule has 0 aliphatic carbocycles. The molecule has 0 unspecified atom stereocenters. The Hall–Kier alpha value is -3.19. The van der Waals surface area contributed by atoms with Crippen molar-refractivity contribution < 1.29 is 28.5 Å². The van der Waals surface area contributed by atoms with E-state index < -0.39 is 31.5 Å². The van der Waals surface area contributed by atoms with Gasteiger partial charge in [-0.25, -0.2) is 8.42 Å². The van der Waals surface area contributed by atoms with Crippen LogP contribution in [0.2, 0.25) is 0 Å². The van der Waals surface area contributed by atoms with Gasteiger partial charge in [0.25, 0.3) is 5.91 Å². The largest absolute Gasteiger partial charge is 0.507 e. The van der Waals surface area contributed by atoms with E-state index in [1.54, 1.807) is 18.2 Å². The van der Waals surface area contributed by atoms with Crippen LogP contribution in [-0.4, -0.2) is 60.8 Å². The van der Waals surface area contributed by atoms with Crippen molar-refractivity contribution in [2.24, 2.45) is 0 Å². The molecule has 0 saturated heterocycles. The van der Waals surface area contributed by atoms with E-state index in [-0.39, 0.29) is 42.5 Å². The van der Waals surface area contributed by atoms with Crippen LogP contribution in [0.3, 0.4) is 0 Å². The van der Waals surface area contributed by atoms with Crippen molar-refractivity contribution in [1.82, 2.24) is 4.90 Å². The lowest BCUT2D eigenvalue weighted by atomic mass is 9.78. The number of amides is 1. The minimum absolute atomic E-state index is 0.0283. The van der Waals surface area contributed by atoms with Crippen molar-refractivity contribution in [2.75, 3.05) is 26.3 Å². The lowest BCUT2D eigenvalue weighted by Gasteiger charge is -2.28. The highest BCUT2D eigenvalue weighted by Gasteiger charge is 2.28. The molecule has 0 saturated carbocycles. The normalized spacial score (nSPS) is 12.8. The van der Waals surface area contributed by atoms with Crippen molar-refractivity contribution in [3.63, 3.8) is 0 Å². The minimum atomic E-state index is -4.21. The van der Waals surface area contributed by atoms with Gasteiger partial charge in [-0.3, -0.25) is 4.79 Å². The van der Waals surface area contributed by atoms with Crippen molar-refractivity contribution in [1.29, 1.82) is 5.26 Å². The fourth-order valence-electron chi connectivity index (χ4n) is 3.85. The summed E-state index contributed by atoms with van der Waals surface area (Å²) in [5.74, 6) is -0.313. The van der Waals surface area contributed by atoms with E-state index in [1.165, 1.54) is 35.2 Å². The average Bonchev–Trinajstić information content (AvgIpc) is 2.81. The summed E-state index contributed by atoms with van der Waals surface area (Å²) in [7, 11) is -4.21. The van der Waals surface area contributed by atoms with Crippen LogP contribution in [0.5, 0.6) is 5.75 Å². The second-order valence-corrected chi connectivity index (χ2v) is 12.8. The van der Waals surface area contributed by atoms with E-state index in [9.17, 15) is 23.6 Å². The molecule has 0 bridgehead atoms. The van der Waals surface area contributed by atoms with Gasteiger partial charge >= 0.3 is 0 Å². The van der Waals surface area contributed by atoms with Gasteiger partial charge in [0.1, 0.15) is 16.7 Å². The van der Waals surface area contributed by atoms with Crippen LogP contribution in [-0.2, 0) is 20.7 Å². The van der Waals surface area contributed by atoms with E-state index in [4.69, 9.17) is 10.2 Å². The summed E-state index contributed by atoms with van der Waals surface area (Å²) in [6.45, 7) is 11.1. The topological polar surface area (TPSA) is 139 Å². The van der Waals surface area contributed by atoms with Gasteiger partial charge in [-0.15, -0.1) is 0 Å². The molecule has 8 nitrogen and oxygen atoms in total. The molecule has 0 fully saturated rings. The highest BCUT2D eigenvalue weighted by Crippen LogP contribution is 2.40. The van der Waals surface area contributed by atoms with Crippen LogP contribution in [0.15, 0.2) is 46.2 Å². The van der Waals surface area contributed by atoms with Gasteiger partial charge < -0.3 is 20.2 Å². The van der Waals surface area contributed by atoms with Crippen LogP contribution in [0.4, 0.5) is 0 Å². The first-order valence-corrected chi connectivity index (χ1v) is 13.4.